The Balaban J connectivity index is 1.40. The van der Waals surface area contributed by atoms with E-state index < -0.39 is 0 Å². The molecule has 5 rings (SSSR count). The number of hydrogen-bond donors (Lipinski definition) is 0. The molecule has 2 aliphatic rings. The highest BCUT2D eigenvalue weighted by Gasteiger charge is 2.35. The molecule has 0 saturated carbocycles. The number of carbonyl (C=O) groups is 2. The van der Waals surface area contributed by atoms with Gasteiger partial charge in [-0.1, -0.05) is 6.07 Å². The summed E-state index contributed by atoms with van der Waals surface area (Å²) in [5, 5.41) is 0. The average molecular weight is 448 g/mol. The highest BCUT2D eigenvalue weighted by molar-refractivity contribution is 5.99. The molecule has 0 bridgehead atoms. The van der Waals surface area contributed by atoms with Crippen LogP contribution in [0.5, 0.6) is 0 Å². The third-order valence-electron chi connectivity index (χ3n) is 6.55. The van der Waals surface area contributed by atoms with Gasteiger partial charge in [0.05, 0.1) is 11.6 Å². The summed E-state index contributed by atoms with van der Waals surface area (Å²) in [6, 6.07) is 9.63. The van der Waals surface area contributed by atoms with Crippen LogP contribution in [0.2, 0.25) is 0 Å². The molecule has 0 aliphatic carbocycles. The van der Waals surface area contributed by atoms with E-state index in [1.54, 1.807) is 31.4 Å². The van der Waals surface area contributed by atoms with Crippen LogP contribution in [0.4, 0.5) is 10.5 Å². The van der Waals surface area contributed by atoms with Crippen LogP contribution < -0.4 is 4.90 Å². The molecule has 1 unspecified atom stereocenters. The highest BCUT2D eigenvalue weighted by atomic mass is 16.2. The van der Waals surface area contributed by atoms with Gasteiger partial charge < -0.3 is 24.0 Å². The molecular formula is C24H29N7O2. The summed E-state index contributed by atoms with van der Waals surface area (Å²) < 4.78 is 1.98. The Hall–Kier alpha value is -3.62. The monoisotopic (exact) mass is 447 g/mol. The number of aromatic nitrogens is 3. The van der Waals surface area contributed by atoms with Gasteiger partial charge in [0, 0.05) is 71.1 Å². The second kappa shape index (κ2) is 8.73. The molecule has 0 N–H and O–H groups in total. The molecule has 2 fully saturated rings. The molecule has 172 valence electrons. The largest absolute Gasteiger partial charge is 0.368 e. The Morgan fingerprint density at radius 1 is 1.00 bits per heavy atom. The molecule has 2 aliphatic heterocycles. The van der Waals surface area contributed by atoms with E-state index in [0.717, 1.165) is 43.0 Å². The van der Waals surface area contributed by atoms with Gasteiger partial charge in [0.25, 0.3) is 5.91 Å². The first-order valence-electron chi connectivity index (χ1n) is 11.4. The number of pyridine rings is 2. The molecule has 0 radical (unpaired) electrons. The molecule has 2 saturated heterocycles. The quantitative estimate of drug-likeness (QED) is 0.617. The normalized spacial score (nSPS) is 18.7. The Labute approximate surface area is 193 Å². The van der Waals surface area contributed by atoms with E-state index in [1.165, 1.54) is 0 Å². The number of likely N-dealkylation sites (tertiary alicyclic amines) is 1. The van der Waals surface area contributed by atoms with Crippen LogP contribution in [0.25, 0.3) is 5.52 Å². The summed E-state index contributed by atoms with van der Waals surface area (Å²) in [6.45, 7) is 3.50. The molecule has 0 spiro atoms. The van der Waals surface area contributed by atoms with Crippen LogP contribution in [0.1, 0.15) is 35.2 Å². The van der Waals surface area contributed by atoms with Gasteiger partial charge in [-0.3, -0.25) is 9.78 Å². The zero-order chi connectivity index (χ0) is 22.9. The molecular weight excluding hydrogens is 418 g/mol. The Bertz CT molecular complexity index is 1150. The topological polar surface area (TPSA) is 77.3 Å². The second-order valence-corrected chi connectivity index (χ2v) is 8.79. The minimum atomic E-state index is -0.139. The number of anilines is 1. The van der Waals surface area contributed by atoms with Crippen LogP contribution in [-0.2, 0) is 0 Å². The van der Waals surface area contributed by atoms with Crippen LogP contribution in [0.3, 0.4) is 0 Å². The van der Waals surface area contributed by atoms with Crippen molar-refractivity contribution < 1.29 is 9.59 Å². The summed E-state index contributed by atoms with van der Waals surface area (Å²) in [5.74, 6) is 0.708. The van der Waals surface area contributed by atoms with Crippen molar-refractivity contribution in [3.63, 3.8) is 0 Å². The molecule has 3 amide bonds. The van der Waals surface area contributed by atoms with E-state index >= 15 is 0 Å². The number of imidazole rings is 1. The zero-order valence-electron chi connectivity index (χ0n) is 19.1. The highest BCUT2D eigenvalue weighted by Crippen LogP contribution is 2.33. The SMILES string of the molecule is CN(C)C(=O)N1CCCC1c1nc(C(=O)N2CCN(c3ccncc3)CC2)c2ccccn12. The van der Waals surface area contributed by atoms with E-state index in [2.05, 4.69) is 9.88 Å². The van der Waals surface area contributed by atoms with Gasteiger partial charge in [0.2, 0.25) is 0 Å². The smallest absolute Gasteiger partial charge is 0.320 e. The third kappa shape index (κ3) is 3.88. The van der Waals surface area contributed by atoms with E-state index in [9.17, 15) is 9.59 Å². The van der Waals surface area contributed by atoms with Crippen LogP contribution >= 0.6 is 0 Å². The number of nitrogens with zero attached hydrogens (tertiary/aromatic N) is 7. The number of piperazine rings is 1. The van der Waals surface area contributed by atoms with Crippen molar-refractivity contribution >= 4 is 23.1 Å². The minimum absolute atomic E-state index is 0.0229. The maximum atomic E-state index is 13.5. The van der Waals surface area contributed by atoms with Gasteiger partial charge in [-0.25, -0.2) is 9.78 Å². The maximum Gasteiger partial charge on any atom is 0.320 e. The summed E-state index contributed by atoms with van der Waals surface area (Å²) in [4.78, 5) is 42.8. The molecule has 33 heavy (non-hydrogen) atoms. The first-order chi connectivity index (χ1) is 16.0. The average Bonchev–Trinajstić information content (AvgIpc) is 3.48. The summed E-state index contributed by atoms with van der Waals surface area (Å²) in [6.07, 6.45) is 7.28. The van der Waals surface area contributed by atoms with Crippen molar-refractivity contribution in [1.82, 2.24) is 29.1 Å². The summed E-state index contributed by atoms with van der Waals surface area (Å²) in [7, 11) is 3.53. The van der Waals surface area contributed by atoms with Crippen molar-refractivity contribution in [1.29, 1.82) is 0 Å². The van der Waals surface area contributed by atoms with Crippen molar-refractivity contribution in [3.8, 4) is 0 Å². The Morgan fingerprint density at radius 3 is 2.48 bits per heavy atom. The maximum absolute atomic E-state index is 13.5. The number of carbonyl (C=O) groups excluding carboxylic acids is 2. The first-order valence-corrected chi connectivity index (χ1v) is 11.4. The van der Waals surface area contributed by atoms with Gasteiger partial charge in [-0.05, 0) is 37.1 Å². The number of urea groups is 1. The molecule has 0 aromatic carbocycles. The minimum Gasteiger partial charge on any atom is -0.368 e. The lowest BCUT2D eigenvalue weighted by molar-refractivity contribution is 0.0743. The van der Waals surface area contributed by atoms with Crippen LogP contribution in [0, 0.1) is 0 Å². The molecule has 9 heteroatoms. The number of amides is 3. The number of rotatable bonds is 3. The van der Waals surface area contributed by atoms with Crippen LogP contribution in [-0.4, -0.2) is 87.8 Å². The van der Waals surface area contributed by atoms with Gasteiger partial charge in [0.1, 0.15) is 5.82 Å². The van der Waals surface area contributed by atoms with Gasteiger partial charge in [-0.15, -0.1) is 0 Å². The predicted molar refractivity (Wildman–Crippen MR) is 125 cm³/mol. The summed E-state index contributed by atoms with van der Waals surface area (Å²) >= 11 is 0. The second-order valence-electron chi connectivity index (χ2n) is 8.79. The number of hydrogen-bond acceptors (Lipinski definition) is 5. The number of fused-ring (bicyclic) bond motifs is 1. The fraction of sp³-hybridized carbons (Fsp3) is 0.417. The van der Waals surface area contributed by atoms with E-state index in [1.807, 2.05) is 50.7 Å². The van der Waals surface area contributed by atoms with Crippen molar-refractivity contribution in [3.05, 3.63) is 60.4 Å². The molecule has 3 aromatic heterocycles. The lowest BCUT2D eigenvalue weighted by Gasteiger charge is -2.35. The Morgan fingerprint density at radius 2 is 1.76 bits per heavy atom. The lowest BCUT2D eigenvalue weighted by Crippen LogP contribution is -2.49. The van der Waals surface area contributed by atoms with Crippen molar-refractivity contribution in [2.24, 2.45) is 0 Å². The molecule has 5 heterocycles. The van der Waals surface area contributed by atoms with Crippen molar-refractivity contribution in [2.45, 2.75) is 18.9 Å². The van der Waals surface area contributed by atoms with Crippen LogP contribution in [0.15, 0.2) is 48.9 Å². The first kappa shape index (κ1) is 21.2. The van der Waals surface area contributed by atoms with E-state index in [-0.39, 0.29) is 18.0 Å². The van der Waals surface area contributed by atoms with Gasteiger partial charge >= 0.3 is 6.03 Å². The molecule has 1 atom stereocenters. The molecule has 9 nitrogen and oxygen atoms in total. The fourth-order valence-corrected chi connectivity index (χ4v) is 4.85. The summed E-state index contributed by atoms with van der Waals surface area (Å²) in [5.41, 5.74) is 2.38. The van der Waals surface area contributed by atoms with Crippen molar-refractivity contribution in [2.75, 3.05) is 51.7 Å². The third-order valence-corrected chi connectivity index (χ3v) is 6.55. The fourth-order valence-electron chi connectivity index (χ4n) is 4.85. The van der Waals surface area contributed by atoms with E-state index in [0.29, 0.717) is 25.3 Å². The standard InChI is InChI=1S/C24H29N7O2/c1-27(2)24(33)31-13-5-7-20(31)22-26-21(19-6-3-4-12-30(19)22)23(32)29-16-14-28(15-17-29)18-8-10-25-11-9-18/h3-4,6,8-12,20H,5,7,13-17H2,1-2H3. The Kier molecular flexibility index (Phi) is 5.62. The molecule has 3 aromatic rings. The lowest BCUT2D eigenvalue weighted by atomic mass is 10.2. The zero-order valence-corrected chi connectivity index (χ0v) is 19.1. The predicted octanol–water partition coefficient (Wildman–Crippen LogP) is 2.51. The van der Waals surface area contributed by atoms with E-state index in [4.69, 9.17) is 4.98 Å². The van der Waals surface area contributed by atoms with Gasteiger partial charge in [-0.2, -0.15) is 0 Å². The van der Waals surface area contributed by atoms with Gasteiger partial charge in [0.15, 0.2) is 5.69 Å².